The first kappa shape index (κ1) is 14.6. The molecule has 0 amide bonds. The van der Waals surface area contributed by atoms with Gasteiger partial charge in [-0.2, -0.15) is 0 Å². The molecule has 0 unspecified atom stereocenters. The quantitative estimate of drug-likeness (QED) is 0.415. The molecule has 1 rings (SSSR count). The van der Waals surface area contributed by atoms with Gasteiger partial charge in [0.05, 0.1) is 24.7 Å². The summed E-state index contributed by atoms with van der Waals surface area (Å²) in [4.78, 5) is 0. The molecule has 0 saturated carbocycles. The highest BCUT2D eigenvalue weighted by molar-refractivity contribution is 8.24. The summed E-state index contributed by atoms with van der Waals surface area (Å²) in [6.07, 6.45) is 0.694. The lowest BCUT2D eigenvalue weighted by atomic mass is 10.5. The van der Waals surface area contributed by atoms with Crippen LogP contribution < -0.4 is 0 Å². The predicted octanol–water partition coefficient (Wildman–Crippen LogP) is 1.57. The molecule has 0 spiro atoms. The molecule has 0 aliphatic carbocycles. The average Bonchev–Trinajstić information content (AvgIpc) is 2.33. The van der Waals surface area contributed by atoms with Gasteiger partial charge in [-0.3, -0.25) is 9.05 Å². The minimum absolute atomic E-state index is 0.347. The molecular formula is C6H15O7PSSi. The second-order valence-electron chi connectivity index (χ2n) is 2.74. The van der Waals surface area contributed by atoms with E-state index in [0.717, 1.165) is 11.5 Å². The topological polar surface area (TPSA) is 72.5 Å². The lowest BCUT2D eigenvalue weighted by Gasteiger charge is -2.25. The average molecular weight is 290 g/mol. The molecule has 0 aromatic carbocycles. The van der Waals surface area contributed by atoms with Crippen LogP contribution in [0.5, 0.6) is 0 Å². The maximum absolute atomic E-state index is 11.8. The minimum atomic E-state index is -3.49. The van der Waals surface area contributed by atoms with Gasteiger partial charge in [0, 0.05) is 21.3 Å². The van der Waals surface area contributed by atoms with E-state index in [1.54, 1.807) is 0 Å². The Bertz CT molecular complexity index is 243. The molecule has 96 valence electrons. The number of phosphoric acid groups is 1. The maximum Gasteiger partial charge on any atom is 0.601 e. The van der Waals surface area contributed by atoms with Crippen molar-refractivity contribution in [3.63, 3.8) is 0 Å². The molecule has 7 nitrogen and oxygen atoms in total. The zero-order valence-electron chi connectivity index (χ0n) is 9.33. The normalized spacial score (nSPS) is 20.9. The Kier molecular flexibility index (Phi) is 5.92. The highest BCUT2D eigenvalue weighted by Crippen LogP contribution is 2.55. The Labute approximate surface area is 99.5 Å². The van der Waals surface area contributed by atoms with E-state index in [4.69, 9.17) is 26.3 Å². The second-order valence-corrected chi connectivity index (χ2v) is 9.14. The van der Waals surface area contributed by atoms with Crippen LogP contribution in [0.15, 0.2) is 0 Å². The summed E-state index contributed by atoms with van der Waals surface area (Å²) in [6.45, 7) is 0.693. The smallest absolute Gasteiger partial charge is 0.367 e. The van der Waals surface area contributed by atoms with Gasteiger partial charge in [0.2, 0.25) is 0 Å². The summed E-state index contributed by atoms with van der Waals surface area (Å²) in [5, 5.41) is 0. The van der Waals surface area contributed by atoms with Gasteiger partial charge in [-0.1, -0.05) is 0 Å². The van der Waals surface area contributed by atoms with Crippen molar-refractivity contribution < 1.29 is 30.9 Å². The minimum Gasteiger partial charge on any atom is -0.367 e. The van der Waals surface area contributed by atoms with Gasteiger partial charge < -0.3 is 13.3 Å². The molecule has 1 saturated heterocycles. The van der Waals surface area contributed by atoms with E-state index in [9.17, 15) is 4.57 Å². The first-order valence-electron chi connectivity index (χ1n) is 4.52. The van der Waals surface area contributed by atoms with Crippen molar-refractivity contribution in [1.82, 2.24) is 0 Å². The highest BCUT2D eigenvalue weighted by atomic mass is 32.4. The van der Waals surface area contributed by atoms with E-state index >= 15 is 0 Å². The van der Waals surface area contributed by atoms with Crippen LogP contribution in [0.3, 0.4) is 0 Å². The molecule has 0 radical (unpaired) electrons. The van der Waals surface area contributed by atoms with Crippen molar-refractivity contribution in [2.45, 2.75) is 6.42 Å². The number of hydrogen-bond donors (Lipinski definition) is 0. The summed E-state index contributed by atoms with van der Waals surface area (Å²) >= 11 is 0.733. The fourth-order valence-corrected chi connectivity index (χ4v) is 5.75. The van der Waals surface area contributed by atoms with E-state index in [2.05, 4.69) is 0 Å². The molecular weight excluding hydrogens is 275 g/mol. The molecule has 10 heteroatoms. The van der Waals surface area contributed by atoms with Gasteiger partial charge in [-0.15, -0.1) is 0 Å². The number of phosphoric ester groups is 1. The van der Waals surface area contributed by atoms with Crippen molar-refractivity contribution in [1.29, 1.82) is 0 Å². The zero-order valence-corrected chi connectivity index (χ0v) is 12.0. The Hall–Kier alpha value is 0.557. The first-order valence-corrected chi connectivity index (χ1v) is 9.17. The van der Waals surface area contributed by atoms with Gasteiger partial charge in [0.1, 0.15) is 0 Å². The molecule has 0 aromatic heterocycles. The molecule has 1 aliphatic heterocycles. The molecule has 0 bridgehead atoms. The molecule has 0 N–H and O–H groups in total. The highest BCUT2D eigenvalue weighted by Gasteiger charge is 2.45. The third-order valence-electron chi connectivity index (χ3n) is 1.77. The van der Waals surface area contributed by atoms with E-state index in [1.165, 1.54) is 21.3 Å². The Morgan fingerprint density at radius 2 is 1.62 bits per heavy atom. The van der Waals surface area contributed by atoms with Crippen LogP contribution in [0.2, 0.25) is 0 Å². The zero-order chi connectivity index (χ0) is 12.1. The molecule has 0 aromatic rings. The molecule has 1 fully saturated rings. The lowest BCUT2D eigenvalue weighted by Crippen LogP contribution is -2.39. The van der Waals surface area contributed by atoms with Crippen molar-refractivity contribution >= 4 is 27.3 Å². The van der Waals surface area contributed by atoms with E-state index < -0.39 is 15.8 Å². The molecule has 0 atom stereocenters. The predicted molar refractivity (Wildman–Crippen MR) is 59.6 cm³/mol. The van der Waals surface area contributed by atoms with Gasteiger partial charge in [0.25, 0.3) is 0 Å². The SMILES string of the molecule is CO[Si](OC)(OC)SOP1(=O)OCCCO1. The van der Waals surface area contributed by atoms with Crippen LogP contribution in [-0.4, -0.2) is 42.5 Å². The van der Waals surface area contributed by atoms with Gasteiger partial charge in [-0.25, -0.2) is 8.54 Å². The molecule has 1 heterocycles. The van der Waals surface area contributed by atoms with Crippen molar-refractivity contribution in [3.05, 3.63) is 0 Å². The standard InChI is InChI=1S/C6H15O7PSSi/c1-8-16(9-2,10-3)15-13-14(7)11-5-4-6-12-14/h4-6H2,1-3H3. The molecule has 16 heavy (non-hydrogen) atoms. The van der Waals surface area contributed by atoms with Crippen molar-refractivity contribution in [2.24, 2.45) is 0 Å². The van der Waals surface area contributed by atoms with Crippen LogP contribution in [0.25, 0.3) is 0 Å². The lowest BCUT2D eigenvalue weighted by molar-refractivity contribution is 0.109. The second kappa shape index (κ2) is 6.48. The van der Waals surface area contributed by atoms with Gasteiger partial charge in [-0.05, 0) is 6.42 Å². The Morgan fingerprint density at radius 1 is 1.12 bits per heavy atom. The van der Waals surface area contributed by atoms with E-state index in [1.807, 2.05) is 0 Å². The van der Waals surface area contributed by atoms with E-state index in [0.29, 0.717) is 19.6 Å². The fraction of sp³-hybridized carbons (Fsp3) is 1.00. The number of rotatable bonds is 6. The summed E-state index contributed by atoms with van der Waals surface area (Å²) < 4.78 is 41.9. The third kappa shape index (κ3) is 3.79. The van der Waals surface area contributed by atoms with Crippen LogP contribution >= 0.6 is 19.3 Å². The van der Waals surface area contributed by atoms with Crippen LogP contribution in [-0.2, 0) is 30.9 Å². The summed E-state index contributed by atoms with van der Waals surface area (Å²) in [6, 6.07) is 0. The van der Waals surface area contributed by atoms with Gasteiger partial charge >= 0.3 is 15.8 Å². The maximum atomic E-state index is 11.8. The largest absolute Gasteiger partial charge is 0.601 e. The van der Waals surface area contributed by atoms with Crippen LogP contribution in [0.1, 0.15) is 6.42 Å². The fourth-order valence-electron chi connectivity index (χ4n) is 0.935. The van der Waals surface area contributed by atoms with E-state index in [-0.39, 0.29) is 0 Å². The molecule has 1 aliphatic rings. The van der Waals surface area contributed by atoms with Gasteiger partial charge in [0.15, 0.2) is 0 Å². The Balaban J connectivity index is 2.50. The van der Waals surface area contributed by atoms with Crippen LogP contribution in [0.4, 0.5) is 0 Å². The summed E-state index contributed by atoms with van der Waals surface area (Å²) in [5.74, 6) is 0. The first-order chi connectivity index (χ1) is 7.60. The van der Waals surface area contributed by atoms with Crippen molar-refractivity contribution in [3.8, 4) is 0 Å². The Morgan fingerprint density at radius 3 is 2.06 bits per heavy atom. The third-order valence-corrected chi connectivity index (χ3v) is 8.28. The van der Waals surface area contributed by atoms with Crippen molar-refractivity contribution in [2.75, 3.05) is 34.5 Å². The number of hydrogen-bond acceptors (Lipinski definition) is 8. The van der Waals surface area contributed by atoms with Crippen LogP contribution in [0, 0.1) is 0 Å². The summed E-state index contributed by atoms with van der Waals surface area (Å²) in [7, 11) is -2.20. The summed E-state index contributed by atoms with van der Waals surface area (Å²) in [5.41, 5.74) is 0. The monoisotopic (exact) mass is 290 g/mol.